The van der Waals surface area contributed by atoms with E-state index >= 15 is 0 Å². The van der Waals surface area contributed by atoms with Crippen LogP contribution in [0, 0.1) is 0 Å². The monoisotopic (exact) mass is 392 g/mol. The highest BCUT2D eigenvalue weighted by atomic mass is 35.5. The maximum Gasteiger partial charge on any atom is 0.244 e. The van der Waals surface area contributed by atoms with Crippen molar-refractivity contribution in [3.63, 3.8) is 0 Å². The smallest absolute Gasteiger partial charge is 0.244 e. The summed E-state index contributed by atoms with van der Waals surface area (Å²) < 4.78 is 11.6. The lowest BCUT2D eigenvalue weighted by Crippen LogP contribution is -2.45. The molecule has 2 atom stereocenters. The molecule has 0 amide bonds. The zero-order chi connectivity index (χ0) is 18.9. The second kappa shape index (κ2) is 7.31. The number of aliphatic hydroxyl groups is 1. The van der Waals surface area contributed by atoms with Gasteiger partial charge in [-0.05, 0) is 36.8 Å². The van der Waals surface area contributed by atoms with Crippen molar-refractivity contribution in [2.45, 2.75) is 24.5 Å². The predicted molar refractivity (Wildman–Crippen MR) is 101 cm³/mol. The predicted octanol–water partition coefficient (Wildman–Crippen LogP) is 4.93. The first-order valence-electron chi connectivity index (χ1n) is 8.09. The summed E-state index contributed by atoms with van der Waals surface area (Å²) in [4.78, 5) is 12.9. The van der Waals surface area contributed by atoms with Crippen LogP contribution in [-0.2, 0) is 0 Å². The van der Waals surface area contributed by atoms with E-state index in [0.29, 0.717) is 35.1 Å². The minimum absolute atomic E-state index is 0.136. The number of alkyl halides is 1. The molecule has 136 valence electrons. The van der Waals surface area contributed by atoms with E-state index in [4.69, 9.17) is 32.7 Å². The third-order valence-corrected chi connectivity index (χ3v) is 4.71. The molecule has 2 aromatic rings. The molecule has 1 aliphatic heterocycles. The number of Topliss-reactive ketones (excluding diaryl/α,β-unsaturated/α-hetero) is 1. The Balaban J connectivity index is 1.96. The molecule has 4 nitrogen and oxygen atoms in total. The van der Waals surface area contributed by atoms with E-state index in [9.17, 15) is 9.90 Å². The molecule has 0 spiro atoms. The molecule has 0 aliphatic carbocycles. The fourth-order valence-corrected chi connectivity index (χ4v) is 3.11. The highest BCUT2D eigenvalue weighted by molar-refractivity contribution is 6.38. The van der Waals surface area contributed by atoms with Gasteiger partial charge in [0.25, 0.3) is 0 Å². The fourth-order valence-electron chi connectivity index (χ4n) is 2.71. The van der Waals surface area contributed by atoms with Crippen LogP contribution < -0.4 is 9.47 Å². The Kier molecular flexibility index (Phi) is 5.28. The number of hydrogen-bond acceptors (Lipinski definition) is 4. The van der Waals surface area contributed by atoms with Crippen molar-refractivity contribution in [1.29, 1.82) is 0 Å². The van der Waals surface area contributed by atoms with Crippen LogP contribution in [0.25, 0.3) is 0 Å². The van der Waals surface area contributed by atoms with E-state index < -0.39 is 16.9 Å². The van der Waals surface area contributed by atoms with E-state index in [1.54, 1.807) is 42.5 Å². The Morgan fingerprint density at radius 1 is 1.31 bits per heavy atom. The van der Waals surface area contributed by atoms with E-state index in [2.05, 4.69) is 6.58 Å². The Morgan fingerprint density at radius 3 is 2.65 bits per heavy atom. The molecule has 0 aromatic heterocycles. The zero-order valence-electron chi connectivity index (χ0n) is 14.2. The molecular formula is C20H18Cl2O4. The van der Waals surface area contributed by atoms with Gasteiger partial charge in [0.05, 0.1) is 6.61 Å². The molecule has 0 bridgehead atoms. The van der Waals surface area contributed by atoms with Crippen molar-refractivity contribution >= 4 is 29.0 Å². The lowest BCUT2D eigenvalue weighted by Gasteiger charge is -2.35. The van der Waals surface area contributed by atoms with Gasteiger partial charge in [0, 0.05) is 11.4 Å². The first-order valence-corrected chi connectivity index (χ1v) is 8.84. The van der Waals surface area contributed by atoms with Crippen molar-refractivity contribution in [3.8, 4) is 11.5 Å². The number of carbonyl (C=O) groups excluding carboxylic acids is 1. The zero-order valence-corrected chi connectivity index (χ0v) is 15.7. The number of benzene rings is 2. The molecule has 1 heterocycles. The third kappa shape index (κ3) is 3.58. The van der Waals surface area contributed by atoms with Crippen LogP contribution in [-0.4, -0.2) is 22.6 Å². The van der Waals surface area contributed by atoms with Crippen LogP contribution in [0.4, 0.5) is 0 Å². The van der Waals surface area contributed by atoms with Gasteiger partial charge in [-0.3, -0.25) is 4.79 Å². The van der Waals surface area contributed by atoms with Gasteiger partial charge in [0.1, 0.15) is 17.1 Å². The maximum absolute atomic E-state index is 12.9. The Morgan fingerprint density at radius 2 is 2.00 bits per heavy atom. The number of hydrogen-bond donors (Lipinski definition) is 1. The van der Waals surface area contributed by atoms with Gasteiger partial charge in [-0.25, -0.2) is 0 Å². The van der Waals surface area contributed by atoms with Crippen molar-refractivity contribution < 1.29 is 19.4 Å². The molecule has 0 radical (unpaired) electrons. The standard InChI is InChI=1S/C20H18Cl2O4/c1-12(2)10-11-25-15-4-3-5-16-17(15)18(23)20(22,24)19(26-16)13-6-8-14(21)9-7-13/h3-9,19,24H,1,10-11H2,2H3. The number of carbonyl (C=O) groups is 1. The minimum atomic E-state index is -2.26. The lowest BCUT2D eigenvalue weighted by molar-refractivity contribution is -0.00136. The van der Waals surface area contributed by atoms with Gasteiger partial charge < -0.3 is 14.6 Å². The first-order chi connectivity index (χ1) is 12.3. The van der Waals surface area contributed by atoms with E-state index in [1.807, 2.05) is 6.92 Å². The second-order valence-corrected chi connectivity index (χ2v) is 7.25. The molecule has 6 heteroatoms. The van der Waals surface area contributed by atoms with Gasteiger partial charge >= 0.3 is 0 Å². The first kappa shape index (κ1) is 18.8. The lowest BCUT2D eigenvalue weighted by atomic mass is 9.92. The number of rotatable bonds is 5. The van der Waals surface area contributed by atoms with E-state index in [-0.39, 0.29) is 5.56 Å². The summed E-state index contributed by atoms with van der Waals surface area (Å²) in [6, 6.07) is 11.6. The molecular weight excluding hydrogens is 375 g/mol. The summed E-state index contributed by atoms with van der Waals surface area (Å²) >= 11 is 12.1. The summed E-state index contributed by atoms with van der Waals surface area (Å²) in [7, 11) is 0. The summed E-state index contributed by atoms with van der Waals surface area (Å²) in [5, 5.41) is 8.97. The second-order valence-electron chi connectivity index (χ2n) is 6.24. The number of halogens is 2. The Bertz CT molecular complexity index is 843. The van der Waals surface area contributed by atoms with Crippen LogP contribution in [0.5, 0.6) is 11.5 Å². The van der Waals surface area contributed by atoms with Crippen LogP contribution in [0.3, 0.4) is 0 Å². The van der Waals surface area contributed by atoms with Gasteiger partial charge in [-0.1, -0.05) is 47.0 Å². The molecule has 0 saturated heterocycles. The Hall–Kier alpha value is -2.01. The largest absolute Gasteiger partial charge is 0.492 e. The molecule has 0 saturated carbocycles. The summed E-state index contributed by atoms with van der Waals surface area (Å²) in [5.41, 5.74) is 1.64. The van der Waals surface area contributed by atoms with E-state index in [0.717, 1.165) is 5.57 Å². The molecule has 1 N–H and O–H groups in total. The molecule has 2 unspecified atom stereocenters. The SMILES string of the molecule is C=C(C)CCOc1cccc2c1C(=O)C(O)(Cl)C(c1ccc(Cl)cc1)O2. The molecule has 1 aliphatic rings. The average molecular weight is 393 g/mol. The number of fused-ring (bicyclic) bond motifs is 1. The summed E-state index contributed by atoms with van der Waals surface area (Å²) in [5.74, 6) is -0.0261. The molecule has 0 fully saturated rings. The van der Waals surface area contributed by atoms with Crippen molar-refractivity contribution in [1.82, 2.24) is 0 Å². The molecule has 2 aromatic carbocycles. The third-order valence-electron chi connectivity index (χ3n) is 4.08. The van der Waals surface area contributed by atoms with Crippen LogP contribution in [0.2, 0.25) is 5.02 Å². The van der Waals surface area contributed by atoms with Crippen molar-refractivity contribution in [2.75, 3.05) is 6.61 Å². The van der Waals surface area contributed by atoms with Gasteiger partial charge in [0.15, 0.2) is 6.10 Å². The van der Waals surface area contributed by atoms with Gasteiger partial charge in [-0.2, -0.15) is 0 Å². The molecule has 3 rings (SSSR count). The minimum Gasteiger partial charge on any atom is -0.492 e. The maximum atomic E-state index is 12.9. The van der Waals surface area contributed by atoms with Crippen molar-refractivity contribution in [2.24, 2.45) is 0 Å². The van der Waals surface area contributed by atoms with Gasteiger partial charge in [-0.15, -0.1) is 6.58 Å². The molecule has 26 heavy (non-hydrogen) atoms. The highest BCUT2D eigenvalue weighted by Gasteiger charge is 2.51. The number of ether oxygens (including phenoxy) is 2. The van der Waals surface area contributed by atoms with E-state index in [1.165, 1.54) is 0 Å². The topological polar surface area (TPSA) is 55.8 Å². The van der Waals surface area contributed by atoms with Crippen LogP contribution in [0.1, 0.15) is 35.4 Å². The fraction of sp³-hybridized carbons (Fsp3) is 0.250. The Labute approximate surface area is 162 Å². The van der Waals surface area contributed by atoms with Crippen molar-refractivity contribution in [3.05, 3.63) is 70.8 Å². The van der Waals surface area contributed by atoms with Crippen LogP contribution >= 0.6 is 23.2 Å². The summed E-state index contributed by atoms with van der Waals surface area (Å²) in [6.45, 7) is 6.08. The normalized spacial score (nSPS) is 21.7. The van der Waals surface area contributed by atoms with Gasteiger partial charge in [0.2, 0.25) is 10.8 Å². The number of ketones is 1. The average Bonchev–Trinajstić information content (AvgIpc) is 2.59. The summed E-state index contributed by atoms with van der Waals surface area (Å²) in [6.07, 6.45) is -0.413. The van der Waals surface area contributed by atoms with Crippen LogP contribution in [0.15, 0.2) is 54.6 Å². The quantitative estimate of drug-likeness (QED) is 0.578. The highest BCUT2D eigenvalue weighted by Crippen LogP contribution is 2.46.